The Morgan fingerprint density at radius 3 is 1.44 bits per heavy atom. The van der Waals surface area contributed by atoms with E-state index in [1.807, 2.05) is 7.05 Å². The molecule has 0 aromatic rings. The molecule has 98 valence electrons. The van der Waals surface area contributed by atoms with Crippen molar-refractivity contribution < 1.29 is 29.7 Å². The van der Waals surface area contributed by atoms with E-state index in [1.165, 1.54) is 6.92 Å². The second kappa shape index (κ2) is 10.8. The standard InChI is InChI=1S/C7H18NO3.C3H6O2/c1-8(2-5-9,3-6-10)4-7-11;1-2-3(4)5/h9-11H,2-7H2,1H3;2H2,1H3,(H,4,5)/q+1;/p-1. The van der Waals surface area contributed by atoms with Crippen molar-refractivity contribution in [3.05, 3.63) is 0 Å². The van der Waals surface area contributed by atoms with Crippen LogP contribution in [0.1, 0.15) is 13.3 Å². The lowest BCUT2D eigenvalue weighted by Crippen LogP contribution is -2.49. The van der Waals surface area contributed by atoms with Crippen molar-refractivity contribution in [2.45, 2.75) is 13.3 Å². The molecule has 0 aliphatic heterocycles. The maximum atomic E-state index is 9.26. The van der Waals surface area contributed by atoms with Crippen molar-refractivity contribution in [2.24, 2.45) is 0 Å². The Labute approximate surface area is 96.3 Å². The molecule has 0 aliphatic rings. The van der Waals surface area contributed by atoms with E-state index in [0.29, 0.717) is 24.1 Å². The number of rotatable bonds is 7. The van der Waals surface area contributed by atoms with E-state index in [0.717, 1.165) is 0 Å². The first-order valence-electron chi connectivity index (χ1n) is 5.31. The number of aliphatic carboxylic acids is 1. The minimum Gasteiger partial charge on any atom is -0.550 e. The summed E-state index contributed by atoms with van der Waals surface area (Å²) in [6, 6.07) is 0. The molecule has 0 atom stereocenters. The van der Waals surface area contributed by atoms with Gasteiger partial charge in [-0.2, -0.15) is 0 Å². The smallest absolute Gasteiger partial charge is 0.102 e. The molecule has 0 aromatic heterocycles. The normalized spacial score (nSPS) is 10.6. The second-order valence-electron chi connectivity index (χ2n) is 3.69. The van der Waals surface area contributed by atoms with Gasteiger partial charge in [-0.05, 0) is 6.42 Å². The van der Waals surface area contributed by atoms with Crippen LogP contribution in [-0.4, -0.2) is 72.3 Å². The third kappa shape index (κ3) is 11.4. The summed E-state index contributed by atoms with van der Waals surface area (Å²) >= 11 is 0. The summed E-state index contributed by atoms with van der Waals surface area (Å²) in [6.07, 6.45) is 0.111. The first-order chi connectivity index (χ1) is 7.45. The molecular weight excluding hydrogens is 214 g/mol. The molecule has 0 unspecified atom stereocenters. The second-order valence-corrected chi connectivity index (χ2v) is 3.69. The van der Waals surface area contributed by atoms with Crippen molar-refractivity contribution in [3.8, 4) is 0 Å². The summed E-state index contributed by atoms with van der Waals surface area (Å²) in [4.78, 5) is 9.26. The van der Waals surface area contributed by atoms with Crippen molar-refractivity contribution in [1.82, 2.24) is 0 Å². The molecule has 0 aromatic carbocycles. The molecule has 0 aliphatic carbocycles. The predicted molar refractivity (Wildman–Crippen MR) is 57.3 cm³/mol. The van der Waals surface area contributed by atoms with Crippen molar-refractivity contribution >= 4 is 5.97 Å². The topological polar surface area (TPSA) is 101 Å². The highest BCUT2D eigenvalue weighted by atomic mass is 16.4. The highest BCUT2D eigenvalue weighted by molar-refractivity contribution is 5.63. The summed E-state index contributed by atoms with van der Waals surface area (Å²) in [7, 11) is 1.91. The van der Waals surface area contributed by atoms with Crippen molar-refractivity contribution in [2.75, 3.05) is 46.5 Å². The molecule has 0 amide bonds. The molecule has 0 fully saturated rings. The largest absolute Gasteiger partial charge is 0.550 e. The SMILES string of the molecule is CCC(=O)[O-].C[N+](CCO)(CCO)CCO. The Hall–Kier alpha value is -0.690. The van der Waals surface area contributed by atoms with Crippen LogP contribution >= 0.6 is 0 Å². The Kier molecular flexibility index (Phi) is 12.0. The van der Waals surface area contributed by atoms with Crippen LogP contribution in [-0.2, 0) is 4.79 Å². The third-order valence-electron chi connectivity index (χ3n) is 2.21. The first-order valence-corrected chi connectivity index (χ1v) is 5.31. The molecule has 0 rings (SSSR count). The van der Waals surface area contributed by atoms with Gasteiger partial charge < -0.3 is 29.7 Å². The number of quaternary nitrogens is 1. The number of carboxylic acid groups (broad SMARTS) is 1. The number of aliphatic hydroxyl groups is 3. The zero-order chi connectivity index (χ0) is 13.0. The molecule has 0 saturated heterocycles. The molecule has 6 heteroatoms. The van der Waals surface area contributed by atoms with Gasteiger partial charge in [-0.1, -0.05) is 6.92 Å². The van der Waals surface area contributed by atoms with Gasteiger partial charge in [-0.25, -0.2) is 0 Å². The van der Waals surface area contributed by atoms with E-state index in [-0.39, 0.29) is 26.2 Å². The van der Waals surface area contributed by atoms with Gasteiger partial charge in [0.2, 0.25) is 0 Å². The van der Waals surface area contributed by atoms with Gasteiger partial charge in [0.05, 0.1) is 26.9 Å². The number of carboxylic acids is 1. The van der Waals surface area contributed by atoms with Gasteiger partial charge in [0.15, 0.2) is 0 Å². The number of likely N-dealkylation sites (N-methyl/N-ethyl adjacent to an activating group) is 1. The lowest BCUT2D eigenvalue weighted by molar-refractivity contribution is -0.910. The van der Waals surface area contributed by atoms with Crippen LogP contribution in [0.2, 0.25) is 0 Å². The fourth-order valence-corrected chi connectivity index (χ4v) is 1.06. The average Bonchev–Trinajstić information content (AvgIpc) is 2.19. The number of hydrogen-bond acceptors (Lipinski definition) is 5. The van der Waals surface area contributed by atoms with E-state index >= 15 is 0 Å². The van der Waals surface area contributed by atoms with E-state index < -0.39 is 5.97 Å². The molecule has 0 radical (unpaired) electrons. The fourth-order valence-electron chi connectivity index (χ4n) is 1.06. The number of carbonyl (C=O) groups is 1. The summed E-state index contributed by atoms with van der Waals surface area (Å²) in [6.45, 7) is 3.57. The zero-order valence-corrected chi connectivity index (χ0v) is 10.1. The minimum absolute atomic E-state index is 0.0938. The predicted octanol–water partition coefficient (Wildman–Crippen LogP) is -2.44. The van der Waals surface area contributed by atoms with E-state index in [1.54, 1.807) is 0 Å². The summed E-state index contributed by atoms with van der Waals surface area (Å²) < 4.78 is 0.531. The maximum absolute atomic E-state index is 9.26. The van der Waals surface area contributed by atoms with Crippen LogP contribution in [0.25, 0.3) is 0 Å². The maximum Gasteiger partial charge on any atom is 0.102 e. The van der Waals surface area contributed by atoms with Crippen molar-refractivity contribution in [3.63, 3.8) is 0 Å². The summed E-state index contributed by atoms with van der Waals surface area (Å²) in [5.74, 6) is -0.995. The van der Waals surface area contributed by atoms with Gasteiger partial charge >= 0.3 is 0 Å². The van der Waals surface area contributed by atoms with Crippen LogP contribution in [0.4, 0.5) is 0 Å². The number of hydrogen-bond donors (Lipinski definition) is 3. The summed E-state index contributed by atoms with van der Waals surface area (Å²) in [5.41, 5.74) is 0. The van der Waals surface area contributed by atoms with E-state index in [9.17, 15) is 9.90 Å². The van der Waals surface area contributed by atoms with Gasteiger partial charge in [0, 0.05) is 5.97 Å². The summed E-state index contributed by atoms with van der Waals surface area (Å²) in [5, 5.41) is 35.3. The number of aliphatic hydroxyl groups excluding tert-OH is 3. The first kappa shape index (κ1) is 17.7. The monoisotopic (exact) mass is 237 g/mol. The zero-order valence-electron chi connectivity index (χ0n) is 10.1. The molecule has 16 heavy (non-hydrogen) atoms. The number of nitrogens with zero attached hydrogens (tertiary/aromatic N) is 1. The lowest BCUT2D eigenvalue weighted by Gasteiger charge is -2.32. The van der Waals surface area contributed by atoms with Gasteiger partial charge in [-0.15, -0.1) is 0 Å². The highest BCUT2D eigenvalue weighted by Crippen LogP contribution is 1.99. The Bertz CT molecular complexity index is 158. The molecular formula is C10H23NO5. The molecule has 0 heterocycles. The Balaban J connectivity index is 0. The highest BCUT2D eigenvalue weighted by Gasteiger charge is 2.18. The fraction of sp³-hybridized carbons (Fsp3) is 0.900. The average molecular weight is 237 g/mol. The molecule has 0 saturated carbocycles. The van der Waals surface area contributed by atoms with Crippen molar-refractivity contribution in [1.29, 1.82) is 0 Å². The Morgan fingerprint density at radius 1 is 1.06 bits per heavy atom. The minimum atomic E-state index is -0.995. The van der Waals surface area contributed by atoms with E-state index in [2.05, 4.69) is 0 Å². The van der Waals surface area contributed by atoms with Crippen LogP contribution in [0, 0.1) is 0 Å². The van der Waals surface area contributed by atoms with Crippen LogP contribution < -0.4 is 5.11 Å². The molecule has 0 bridgehead atoms. The molecule has 0 spiro atoms. The molecule has 3 N–H and O–H groups in total. The van der Waals surface area contributed by atoms with E-state index in [4.69, 9.17) is 15.3 Å². The van der Waals surface area contributed by atoms with Crippen LogP contribution in [0.3, 0.4) is 0 Å². The Morgan fingerprint density at radius 2 is 1.31 bits per heavy atom. The number of carbonyl (C=O) groups excluding carboxylic acids is 1. The van der Waals surface area contributed by atoms with Gasteiger partial charge in [0.1, 0.15) is 19.6 Å². The molecule has 6 nitrogen and oxygen atoms in total. The quantitative estimate of drug-likeness (QED) is 0.427. The van der Waals surface area contributed by atoms with Crippen LogP contribution in [0.5, 0.6) is 0 Å². The van der Waals surface area contributed by atoms with Gasteiger partial charge in [-0.3, -0.25) is 0 Å². The lowest BCUT2D eigenvalue weighted by atomic mass is 10.4. The third-order valence-corrected chi connectivity index (χ3v) is 2.21. The van der Waals surface area contributed by atoms with Crippen LogP contribution in [0.15, 0.2) is 0 Å². The van der Waals surface area contributed by atoms with Gasteiger partial charge in [0.25, 0.3) is 0 Å².